The number of methoxy groups -OCH3 is 1. The summed E-state index contributed by atoms with van der Waals surface area (Å²) in [7, 11) is 1.63. The highest BCUT2D eigenvalue weighted by molar-refractivity contribution is 5.81. The Bertz CT molecular complexity index is 552. The molecule has 3 atom stereocenters. The van der Waals surface area contributed by atoms with Crippen molar-refractivity contribution < 1.29 is 18.3 Å². The molecule has 1 aromatic carbocycles. The van der Waals surface area contributed by atoms with Crippen LogP contribution in [0.1, 0.15) is 31.0 Å². The molecule has 1 saturated heterocycles. The fourth-order valence-corrected chi connectivity index (χ4v) is 3.38. The van der Waals surface area contributed by atoms with E-state index in [0.29, 0.717) is 5.56 Å². The van der Waals surface area contributed by atoms with Gasteiger partial charge in [-0.05, 0) is 31.4 Å². The van der Waals surface area contributed by atoms with E-state index in [1.165, 1.54) is 12.1 Å². The van der Waals surface area contributed by atoms with Crippen LogP contribution in [0.3, 0.4) is 0 Å². The van der Waals surface area contributed by atoms with Crippen LogP contribution in [-0.4, -0.2) is 36.6 Å². The second-order valence-electron chi connectivity index (χ2n) is 5.52. The summed E-state index contributed by atoms with van der Waals surface area (Å²) in [6, 6.07) is 3.39. The standard InChI is InChI=1S/C15H18F2N2O2/c1-21-13-4-2-3-12(13)19-14(20)8-18-15(19)10-6-5-9(16)7-11(10)17/h5-7,12-13,15,18H,2-4,8H2,1H3. The number of rotatable bonds is 3. The molecule has 0 spiro atoms. The Balaban J connectivity index is 1.92. The van der Waals surface area contributed by atoms with Gasteiger partial charge in [0.2, 0.25) is 5.91 Å². The summed E-state index contributed by atoms with van der Waals surface area (Å²) in [5, 5.41) is 3.01. The van der Waals surface area contributed by atoms with Gasteiger partial charge in [0.15, 0.2) is 0 Å². The van der Waals surface area contributed by atoms with Crippen molar-refractivity contribution in [3.05, 3.63) is 35.4 Å². The molecule has 4 nitrogen and oxygen atoms in total. The second kappa shape index (κ2) is 5.69. The molecule has 3 unspecified atom stereocenters. The largest absolute Gasteiger partial charge is 0.379 e. The van der Waals surface area contributed by atoms with E-state index in [4.69, 9.17) is 4.74 Å². The van der Waals surface area contributed by atoms with Crippen LogP contribution in [0, 0.1) is 11.6 Å². The third-order valence-electron chi connectivity index (χ3n) is 4.35. The molecule has 0 bridgehead atoms. The first-order valence-corrected chi connectivity index (χ1v) is 7.14. The summed E-state index contributed by atoms with van der Waals surface area (Å²) in [4.78, 5) is 13.9. The van der Waals surface area contributed by atoms with E-state index < -0.39 is 17.8 Å². The first kappa shape index (κ1) is 14.4. The van der Waals surface area contributed by atoms with Crippen molar-refractivity contribution in [3.63, 3.8) is 0 Å². The second-order valence-corrected chi connectivity index (χ2v) is 5.52. The highest BCUT2D eigenvalue weighted by Crippen LogP contribution is 2.34. The SMILES string of the molecule is COC1CCCC1N1C(=O)CNC1c1ccc(F)cc1F. The molecule has 3 rings (SSSR count). The van der Waals surface area contributed by atoms with Crippen molar-refractivity contribution in [3.8, 4) is 0 Å². The molecule has 0 radical (unpaired) electrons. The van der Waals surface area contributed by atoms with E-state index in [1.807, 2.05) is 0 Å². The van der Waals surface area contributed by atoms with Crippen LogP contribution in [-0.2, 0) is 9.53 Å². The molecule has 1 heterocycles. The van der Waals surface area contributed by atoms with Gasteiger partial charge < -0.3 is 9.64 Å². The first-order chi connectivity index (χ1) is 10.1. The van der Waals surface area contributed by atoms with E-state index in [0.717, 1.165) is 25.3 Å². The predicted molar refractivity (Wildman–Crippen MR) is 72.4 cm³/mol. The van der Waals surface area contributed by atoms with Crippen molar-refractivity contribution >= 4 is 5.91 Å². The van der Waals surface area contributed by atoms with Crippen LogP contribution in [0.2, 0.25) is 0 Å². The number of halogens is 2. The van der Waals surface area contributed by atoms with Gasteiger partial charge in [-0.1, -0.05) is 0 Å². The van der Waals surface area contributed by atoms with Gasteiger partial charge in [-0.25, -0.2) is 8.78 Å². The van der Waals surface area contributed by atoms with Crippen LogP contribution >= 0.6 is 0 Å². The molecule has 1 amide bonds. The zero-order chi connectivity index (χ0) is 15.0. The van der Waals surface area contributed by atoms with Gasteiger partial charge in [0.25, 0.3) is 0 Å². The Labute approximate surface area is 122 Å². The van der Waals surface area contributed by atoms with Crippen molar-refractivity contribution in [2.75, 3.05) is 13.7 Å². The van der Waals surface area contributed by atoms with E-state index in [1.54, 1.807) is 12.0 Å². The number of hydrogen-bond acceptors (Lipinski definition) is 3. The predicted octanol–water partition coefficient (Wildman–Crippen LogP) is 1.96. The normalized spacial score (nSPS) is 29.4. The van der Waals surface area contributed by atoms with Gasteiger partial charge in [0, 0.05) is 18.7 Å². The van der Waals surface area contributed by atoms with E-state index in [2.05, 4.69) is 5.32 Å². The van der Waals surface area contributed by atoms with Crippen molar-refractivity contribution in [1.29, 1.82) is 0 Å². The summed E-state index contributed by atoms with van der Waals surface area (Å²) in [6.07, 6.45) is 2.12. The Morgan fingerprint density at radius 1 is 1.33 bits per heavy atom. The fourth-order valence-electron chi connectivity index (χ4n) is 3.38. The summed E-state index contributed by atoms with van der Waals surface area (Å²) in [5.41, 5.74) is 0.295. The first-order valence-electron chi connectivity index (χ1n) is 7.14. The smallest absolute Gasteiger partial charge is 0.238 e. The molecule has 1 N–H and O–H groups in total. The highest BCUT2D eigenvalue weighted by atomic mass is 19.1. The van der Waals surface area contributed by atoms with E-state index in [9.17, 15) is 13.6 Å². The Morgan fingerprint density at radius 3 is 2.86 bits per heavy atom. The average Bonchev–Trinajstić information content (AvgIpc) is 3.04. The van der Waals surface area contributed by atoms with Gasteiger partial charge in [-0.15, -0.1) is 0 Å². The number of benzene rings is 1. The molecule has 6 heteroatoms. The van der Waals surface area contributed by atoms with Gasteiger partial charge in [-0.2, -0.15) is 0 Å². The molecule has 0 aromatic heterocycles. The number of carbonyl (C=O) groups excluding carboxylic acids is 1. The highest BCUT2D eigenvalue weighted by Gasteiger charge is 2.43. The zero-order valence-electron chi connectivity index (χ0n) is 11.8. The molecule has 1 aliphatic heterocycles. The molecular weight excluding hydrogens is 278 g/mol. The fraction of sp³-hybridized carbons (Fsp3) is 0.533. The topological polar surface area (TPSA) is 41.6 Å². The zero-order valence-corrected chi connectivity index (χ0v) is 11.8. The molecule has 2 fully saturated rings. The lowest BCUT2D eigenvalue weighted by molar-refractivity contribution is -0.132. The summed E-state index contributed by atoms with van der Waals surface area (Å²) >= 11 is 0. The Kier molecular flexibility index (Phi) is 3.91. The Hall–Kier alpha value is -1.53. The minimum atomic E-state index is -0.640. The van der Waals surface area contributed by atoms with Crippen LogP contribution < -0.4 is 5.32 Å². The third-order valence-corrected chi connectivity index (χ3v) is 4.35. The maximum Gasteiger partial charge on any atom is 0.238 e. The van der Waals surface area contributed by atoms with Crippen LogP contribution in [0.15, 0.2) is 18.2 Å². The maximum absolute atomic E-state index is 14.0. The Morgan fingerprint density at radius 2 is 2.14 bits per heavy atom. The van der Waals surface area contributed by atoms with E-state index in [-0.39, 0.29) is 24.6 Å². The van der Waals surface area contributed by atoms with Crippen molar-refractivity contribution in [2.45, 2.75) is 37.6 Å². The number of ether oxygens (including phenoxy) is 1. The van der Waals surface area contributed by atoms with Crippen LogP contribution in [0.25, 0.3) is 0 Å². The molecule has 21 heavy (non-hydrogen) atoms. The minimum absolute atomic E-state index is 0.0279. The van der Waals surface area contributed by atoms with Crippen LogP contribution in [0.5, 0.6) is 0 Å². The lowest BCUT2D eigenvalue weighted by Gasteiger charge is -2.33. The average molecular weight is 296 g/mol. The lowest BCUT2D eigenvalue weighted by Crippen LogP contribution is -2.44. The molecule has 114 valence electrons. The molecular formula is C15H18F2N2O2. The quantitative estimate of drug-likeness (QED) is 0.927. The summed E-state index contributed by atoms with van der Waals surface area (Å²) < 4.78 is 32.5. The number of hydrogen-bond donors (Lipinski definition) is 1. The maximum atomic E-state index is 14.0. The monoisotopic (exact) mass is 296 g/mol. The van der Waals surface area contributed by atoms with Crippen molar-refractivity contribution in [1.82, 2.24) is 10.2 Å². The minimum Gasteiger partial charge on any atom is -0.379 e. The van der Waals surface area contributed by atoms with Gasteiger partial charge >= 0.3 is 0 Å². The van der Waals surface area contributed by atoms with Gasteiger partial charge in [0.05, 0.1) is 18.7 Å². The number of amides is 1. The van der Waals surface area contributed by atoms with Gasteiger partial charge in [0.1, 0.15) is 17.8 Å². The van der Waals surface area contributed by atoms with Crippen LogP contribution in [0.4, 0.5) is 8.78 Å². The molecule has 2 aliphatic rings. The lowest BCUT2D eigenvalue weighted by atomic mass is 10.1. The third kappa shape index (κ3) is 2.53. The number of nitrogens with one attached hydrogen (secondary N) is 1. The molecule has 1 aliphatic carbocycles. The number of nitrogens with zero attached hydrogens (tertiary/aromatic N) is 1. The summed E-state index contributed by atoms with van der Waals surface area (Å²) in [6.45, 7) is 0.161. The number of carbonyl (C=O) groups is 1. The van der Waals surface area contributed by atoms with Crippen molar-refractivity contribution in [2.24, 2.45) is 0 Å². The summed E-state index contributed by atoms with van der Waals surface area (Å²) in [5.74, 6) is -1.33. The van der Waals surface area contributed by atoms with E-state index >= 15 is 0 Å². The molecule has 1 saturated carbocycles. The van der Waals surface area contributed by atoms with Gasteiger partial charge in [-0.3, -0.25) is 10.1 Å². The molecule has 1 aromatic rings.